The van der Waals surface area contributed by atoms with Crippen molar-refractivity contribution in [3.05, 3.63) is 71.9 Å². The molecule has 3 heterocycles. The summed E-state index contributed by atoms with van der Waals surface area (Å²) in [6.07, 6.45) is 7.15. The van der Waals surface area contributed by atoms with Gasteiger partial charge in [-0.1, -0.05) is 30.4 Å². The second-order valence-corrected chi connectivity index (χ2v) is 8.54. The molecule has 0 radical (unpaired) electrons. The number of aliphatic imine (C=N–C) groups is 1. The van der Waals surface area contributed by atoms with Gasteiger partial charge in [0.2, 0.25) is 0 Å². The molecular formula is C17H15N3O2S2. The van der Waals surface area contributed by atoms with Crippen molar-refractivity contribution in [1.29, 1.82) is 0 Å². The Morgan fingerprint density at radius 2 is 1.83 bits per heavy atom. The maximum Gasteiger partial charge on any atom is 0.269 e. The number of fused-ring (bicyclic) bond motifs is 1. The Morgan fingerprint density at radius 1 is 1.04 bits per heavy atom. The number of nitrogens with zero attached hydrogens (tertiary/aromatic N) is 2. The maximum absolute atomic E-state index is 12.9. The van der Waals surface area contributed by atoms with Crippen molar-refractivity contribution in [3.8, 4) is 0 Å². The van der Waals surface area contributed by atoms with Gasteiger partial charge in [0.1, 0.15) is 5.84 Å². The highest BCUT2D eigenvalue weighted by Gasteiger charge is 2.39. The third kappa shape index (κ3) is 2.37. The fraction of sp³-hybridized carbons (Fsp3) is 0.118. The third-order valence-corrected chi connectivity index (χ3v) is 6.83. The van der Waals surface area contributed by atoms with E-state index in [0.29, 0.717) is 5.84 Å². The Labute approximate surface area is 144 Å². The van der Waals surface area contributed by atoms with Crippen LogP contribution in [0.4, 0.5) is 5.00 Å². The van der Waals surface area contributed by atoms with Crippen LogP contribution in [0.1, 0.15) is 10.8 Å². The highest BCUT2D eigenvalue weighted by Crippen LogP contribution is 2.40. The van der Waals surface area contributed by atoms with Gasteiger partial charge < -0.3 is 5.73 Å². The normalized spacial score (nSPS) is 22.5. The van der Waals surface area contributed by atoms with Gasteiger partial charge in [-0.15, -0.1) is 11.3 Å². The maximum atomic E-state index is 12.9. The van der Waals surface area contributed by atoms with Crippen LogP contribution in [0.25, 0.3) is 0 Å². The molecule has 1 aromatic heterocycles. The summed E-state index contributed by atoms with van der Waals surface area (Å²) in [4.78, 5) is 5.70. The fourth-order valence-electron chi connectivity index (χ4n) is 2.96. The van der Waals surface area contributed by atoms with Crippen molar-refractivity contribution in [3.63, 3.8) is 0 Å². The lowest BCUT2D eigenvalue weighted by atomic mass is 9.89. The lowest BCUT2D eigenvalue weighted by Crippen LogP contribution is -2.34. The first-order chi connectivity index (χ1) is 11.6. The number of benzene rings is 1. The molecule has 2 N–H and O–H groups in total. The molecule has 2 aliphatic rings. The Balaban J connectivity index is 1.70. The van der Waals surface area contributed by atoms with Crippen LogP contribution in [-0.2, 0) is 10.0 Å². The summed E-state index contributed by atoms with van der Waals surface area (Å²) < 4.78 is 27.1. The van der Waals surface area contributed by atoms with Crippen molar-refractivity contribution < 1.29 is 8.42 Å². The summed E-state index contributed by atoms with van der Waals surface area (Å²) in [6, 6.07) is 12.3. The molecule has 24 heavy (non-hydrogen) atoms. The SMILES string of the molecule is Nc1ccc(C2C=CN=C3C2C=CN3S(=O)(=O)c2ccccc2)s1. The molecule has 0 saturated heterocycles. The molecule has 2 atom stereocenters. The number of rotatable bonds is 3. The van der Waals surface area contributed by atoms with E-state index in [9.17, 15) is 8.42 Å². The van der Waals surface area contributed by atoms with E-state index >= 15 is 0 Å². The molecule has 2 unspecified atom stereocenters. The molecule has 0 saturated carbocycles. The Morgan fingerprint density at radius 3 is 2.54 bits per heavy atom. The minimum Gasteiger partial charge on any atom is -0.391 e. The molecule has 4 rings (SSSR count). The molecule has 0 aliphatic carbocycles. The van der Waals surface area contributed by atoms with E-state index in [1.54, 1.807) is 42.7 Å². The van der Waals surface area contributed by atoms with Crippen LogP contribution in [-0.4, -0.2) is 18.6 Å². The van der Waals surface area contributed by atoms with Crippen LogP contribution >= 0.6 is 11.3 Å². The summed E-state index contributed by atoms with van der Waals surface area (Å²) >= 11 is 1.52. The van der Waals surface area contributed by atoms with Gasteiger partial charge in [-0.05, 0) is 24.3 Å². The Kier molecular flexibility index (Phi) is 3.54. The lowest BCUT2D eigenvalue weighted by Gasteiger charge is -2.26. The summed E-state index contributed by atoms with van der Waals surface area (Å²) in [5, 5.41) is 0.748. The number of thiophene rings is 1. The van der Waals surface area contributed by atoms with Gasteiger partial charge >= 0.3 is 0 Å². The number of hydrogen-bond donors (Lipinski definition) is 1. The Bertz CT molecular complexity index is 959. The zero-order chi connectivity index (χ0) is 16.7. The average molecular weight is 357 g/mol. The highest BCUT2D eigenvalue weighted by molar-refractivity contribution is 7.89. The highest BCUT2D eigenvalue weighted by atomic mass is 32.2. The largest absolute Gasteiger partial charge is 0.391 e. The number of hydrogen-bond acceptors (Lipinski definition) is 5. The second kappa shape index (κ2) is 5.61. The first kappa shape index (κ1) is 15.2. The van der Waals surface area contributed by atoms with Gasteiger partial charge in [-0.3, -0.25) is 0 Å². The monoisotopic (exact) mass is 357 g/mol. The van der Waals surface area contributed by atoms with Crippen LogP contribution in [0.15, 0.2) is 76.9 Å². The quantitative estimate of drug-likeness (QED) is 0.917. The van der Waals surface area contributed by atoms with E-state index in [1.165, 1.54) is 15.6 Å². The lowest BCUT2D eigenvalue weighted by molar-refractivity contribution is 0.560. The fourth-order valence-corrected chi connectivity index (χ4v) is 5.24. The minimum atomic E-state index is -3.65. The van der Waals surface area contributed by atoms with E-state index in [4.69, 9.17) is 5.73 Å². The number of nitrogens with two attached hydrogens (primary N) is 1. The summed E-state index contributed by atoms with van der Waals surface area (Å²) in [5.41, 5.74) is 5.83. The van der Waals surface area contributed by atoms with Crippen LogP contribution in [0.2, 0.25) is 0 Å². The zero-order valence-corrected chi connectivity index (χ0v) is 14.2. The molecule has 0 bridgehead atoms. The molecule has 5 nitrogen and oxygen atoms in total. The molecular weight excluding hydrogens is 342 g/mol. The molecule has 0 amide bonds. The predicted molar refractivity (Wildman–Crippen MR) is 96.1 cm³/mol. The number of allylic oxidation sites excluding steroid dienone is 1. The predicted octanol–water partition coefficient (Wildman–Crippen LogP) is 3.17. The number of sulfonamides is 1. The second-order valence-electron chi connectivity index (χ2n) is 5.58. The van der Waals surface area contributed by atoms with Crippen molar-refractivity contribution in [2.24, 2.45) is 10.9 Å². The van der Waals surface area contributed by atoms with E-state index < -0.39 is 10.0 Å². The van der Waals surface area contributed by atoms with Gasteiger partial charge in [0.05, 0.1) is 9.90 Å². The number of nitrogen functional groups attached to an aromatic ring is 1. The van der Waals surface area contributed by atoms with E-state index in [2.05, 4.69) is 4.99 Å². The first-order valence-corrected chi connectivity index (χ1v) is 9.70. The van der Waals surface area contributed by atoms with E-state index in [1.807, 2.05) is 24.3 Å². The molecule has 0 fully saturated rings. The van der Waals surface area contributed by atoms with Crippen LogP contribution in [0, 0.1) is 5.92 Å². The molecule has 2 aromatic rings. The Hall–Kier alpha value is -2.38. The molecule has 7 heteroatoms. The van der Waals surface area contributed by atoms with Crippen LogP contribution < -0.4 is 5.73 Å². The van der Waals surface area contributed by atoms with Crippen molar-refractivity contribution in [2.75, 3.05) is 5.73 Å². The van der Waals surface area contributed by atoms with Gasteiger partial charge in [-0.25, -0.2) is 17.7 Å². The summed E-state index contributed by atoms with van der Waals surface area (Å²) in [6.45, 7) is 0. The molecule has 2 aliphatic heterocycles. The van der Waals surface area contributed by atoms with Crippen LogP contribution in [0.3, 0.4) is 0 Å². The minimum absolute atomic E-state index is 0.0482. The van der Waals surface area contributed by atoms with Gasteiger partial charge in [0.25, 0.3) is 10.0 Å². The van der Waals surface area contributed by atoms with Crippen molar-refractivity contribution >= 4 is 32.2 Å². The zero-order valence-electron chi connectivity index (χ0n) is 12.6. The molecule has 0 spiro atoms. The van der Waals surface area contributed by atoms with Crippen molar-refractivity contribution in [2.45, 2.75) is 10.8 Å². The molecule has 122 valence electrons. The summed E-state index contributed by atoms with van der Waals surface area (Å²) in [7, 11) is -3.65. The smallest absolute Gasteiger partial charge is 0.269 e. The van der Waals surface area contributed by atoms with Crippen molar-refractivity contribution in [1.82, 2.24) is 4.31 Å². The average Bonchev–Trinajstić information content (AvgIpc) is 3.22. The van der Waals surface area contributed by atoms with Gasteiger partial charge in [0.15, 0.2) is 0 Å². The van der Waals surface area contributed by atoms with E-state index in [-0.39, 0.29) is 16.7 Å². The van der Waals surface area contributed by atoms with Gasteiger partial charge in [0, 0.05) is 29.1 Å². The number of anilines is 1. The summed E-state index contributed by atoms with van der Waals surface area (Å²) in [5.74, 6) is 0.469. The van der Waals surface area contributed by atoms with Gasteiger partial charge in [-0.2, -0.15) is 0 Å². The third-order valence-electron chi connectivity index (χ3n) is 4.12. The number of amidine groups is 1. The van der Waals surface area contributed by atoms with E-state index in [0.717, 1.165) is 9.88 Å². The standard InChI is InChI=1S/C17H15N3O2S2/c18-16-7-6-15(23-16)13-8-10-19-17-14(13)9-11-20(17)24(21,22)12-4-2-1-3-5-12/h1-11,13-14H,18H2. The first-order valence-electron chi connectivity index (χ1n) is 7.45. The van der Waals surface area contributed by atoms with Crippen LogP contribution in [0.5, 0.6) is 0 Å². The topological polar surface area (TPSA) is 75.8 Å². The molecule has 1 aromatic carbocycles.